The van der Waals surface area contributed by atoms with Crippen LogP contribution in [0.5, 0.6) is 5.75 Å². The molecule has 5 nitrogen and oxygen atoms in total. The quantitative estimate of drug-likeness (QED) is 0.855. The molecular weight excluding hydrogens is 266 g/mol. The van der Waals surface area contributed by atoms with E-state index < -0.39 is 0 Å². The minimum absolute atomic E-state index is 0.0646. The van der Waals surface area contributed by atoms with E-state index >= 15 is 0 Å². The predicted octanol–water partition coefficient (Wildman–Crippen LogP) is 2.38. The summed E-state index contributed by atoms with van der Waals surface area (Å²) in [5.74, 6) is 0.614. The highest BCUT2D eigenvalue weighted by atomic mass is 16.5. The maximum absolute atomic E-state index is 11.9. The fourth-order valence-electron chi connectivity index (χ4n) is 1.90. The van der Waals surface area contributed by atoms with Crippen LogP contribution in [0.4, 0.5) is 5.69 Å². The Labute approximate surface area is 124 Å². The van der Waals surface area contributed by atoms with E-state index in [0.717, 1.165) is 11.3 Å². The summed E-state index contributed by atoms with van der Waals surface area (Å²) in [6.07, 6.45) is 3.52. The number of nitrogens with one attached hydrogen (secondary N) is 2. The van der Waals surface area contributed by atoms with Crippen molar-refractivity contribution in [3.63, 3.8) is 0 Å². The summed E-state index contributed by atoms with van der Waals surface area (Å²) < 4.78 is 5.12. The second kappa shape index (κ2) is 7.40. The van der Waals surface area contributed by atoms with Crippen LogP contribution in [0.3, 0.4) is 0 Å². The molecule has 2 N–H and O–H groups in total. The lowest BCUT2D eigenvalue weighted by atomic mass is 10.1. The van der Waals surface area contributed by atoms with Crippen LogP contribution in [-0.4, -0.2) is 24.5 Å². The summed E-state index contributed by atoms with van der Waals surface area (Å²) in [4.78, 5) is 16.0. The van der Waals surface area contributed by atoms with Gasteiger partial charge in [0.25, 0.3) is 0 Å². The van der Waals surface area contributed by atoms with E-state index in [-0.39, 0.29) is 18.5 Å². The standard InChI is InChI=1S/C16H19N3O2/c1-12(13-5-4-8-17-10-13)18-11-16(20)19-14-6-3-7-15(9-14)21-2/h3-10,12,18H,11H2,1-2H3,(H,19,20)/t12-/m0/s1. The molecule has 0 unspecified atom stereocenters. The number of methoxy groups -OCH3 is 1. The number of aromatic nitrogens is 1. The molecule has 0 saturated heterocycles. The normalized spacial score (nSPS) is 11.7. The Balaban J connectivity index is 1.84. The van der Waals surface area contributed by atoms with Gasteiger partial charge in [-0.25, -0.2) is 0 Å². The summed E-state index contributed by atoms with van der Waals surface area (Å²) >= 11 is 0. The molecule has 21 heavy (non-hydrogen) atoms. The Kier molecular flexibility index (Phi) is 5.29. The summed E-state index contributed by atoms with van der Waals surface area (Å²) in [5, 5.41) is 5.99. The zero-order chi connectivity index (χ0) is 15.1. The largest absolute Gasteiger partial charge is 0.497 e. The highest BCUT2D eigenvalue weighted by molar-refractivity contribution is 5.92. The van der Waals surface area contributed by atoms with Crippen molar-refractivity contribution in [2.75, 3.05) is 19.0 Å². The second-order valence-electron chi connectivity index (χ2n) is 4.67. The van der Waals surface area contributed by atoms with Crippen molar-refractivity contribution in [1.82, 2.24) is 10.3 Å². The number of carbonyl (C=O) groups is 1. The van der Waals surface area contributed by atoms with E-state index in [1.54, 1.807) is 25.6 Å². The fourth-order valence-corrected chi connectivity index (χ4v) is 1.90. The average molecular weight is 285 g/mol. The lowest BCUT2D eigenvalue weighted by Gasteiger charge is -2.13. The van der Waals surface area contributed by atoms with Crippen LogP contribution in [0.2, 0.25) is 0 Å². The van der Waals surface area contributed by atoms with Gasteiger partial charge in [-0.2, -0.15) is 0 Å². The molecule has 0 aliphatic heterocycles. The van der Waals surface area contributed by atoms with E-state index in [4.69, 9.17) is 4.74 Å². The minimum Gasteiger partial charge on any atom is -0.497 e. The summed E-state index contributed by atoms with van der Waals surface area (Å²) in [6.45, 7) is 2.23. The van der Waals surface area contributed by atoms with E-state index in [2.05, 4.69) is 15.6 Å². The monoisotopic (exact) mass is 285 g/mol. The highest BCUT2D eigenvalue weighted by Gasteiger charge is 2.08. The number of pyridine rings is 1. The first kappa shape index (κ1) is 15.0. The molecule has 1 aromatic carbocycles. The van der Waals surface area contributed by atoms with E-state index in [1.165, 1.54) is 0 Å². The number of hydrogen-bond acceptors (Lipinski definition) is 4. The molecule has 0 radical (unpaired) electrons. The Morgan fingerprint density at radius 1 is 1.33 bits per heavy atom. The second-order valence-corrected chi connectivity index (χ2v) is 4.67. The molecule has 1 amide bonds. The van der Waals surface area contributed by atoms with Crippen LogP contribution in [0.1, 0.15) is 18.5 Å². The molecule has 5 heteroatoms. The summed E-state index contributed by atoms with van der Waals surface area (Å²) in [5.41, 5.74) is 1.77. The Morgan fingerprint density at radius 2 is 2.19 bits per heavy atom. The molecule has 0 saturated carbocycles. The van der Waals surface area contributed by atoms with Crippen molar-refractivity contribution in [3.05, 3.63) is 54.4 Å². The van der Waals surface area contributed by atoms with Gasteiger partial charge in [0.05, 0.1) is 13.7 Å². The molecule has 1 atom stereocenters. The smallest absolute Gasteiger partial charge is 0.238 e. The Morgan fingerprint density at radius 3 is 2.90 bits per heavy atom. The number of ether oxygens (including phenoxy) is 1. The van der Waals surface area contributed by atoms with E-state index in [0.29, 0.717) is 5.75 Å². The number of amides is 1. The molecule has 2 aromatic rings. The molecule has 0 fully saturated rings. The van der Waals surface area contributed by atoms with E-state index in [1.807, 2.05) is 37.3 Å². The summed E-state index contributed by atoms with van der Waals surface area (Å²) in [7, 11) is 1.60. The third kappa shape index (κ3) is 4.57. The lowest BCUT2D eigenvalue weighted by Crippen LogP contribution is -2.30. The van der Waals surface area contributed by atoms with Gasteiger partial charge >= 0.3 is 0 Å². The molecule has 0 spiro atoms. The number of rotatable bonds is 6. The fraction of sp³-hybridized carbons (Fsp3) is 0.250. The van der Waals surface area contributed by atoms with Crippen LogP contribution in [0.15, 0.2) is 48.8 Å². The third-order valence-corrected chi connectivity index (χ3v) is 3.11. The lowest BCUT2D eigenvalue weighted by molar-refractivity contribution is -0.115. The Hall–Kier alpha value is -2.40. The van der Waals surface area contributed by atoms with E-state index in [9.17, 15) is 4.79 Å². The van der Waals surface area contributed by atoms with Crippen molar-refractivity contribution in [3.8, 4) is 5.75 Å². The molecule has 1 heterocycles. The maximum Gasteiger partial charge on any atom is 0.238 e. The van der Waals surface area contributed by atoms with Crippen LogP contribution in [-0.2, 0) is 4.79 Å². The predicted molar refractivity (Wildman–Crippen MR) is 82.3 cm³/mol. The zero-order valence-electron chi connectivity index (χ0n) is 12.2. The molecular formula is C16H19N3O2. The number of anilines is 1. The molecule has 110 valence electrons. The van der Waals surface area contributed by atoms with Gasteiger partial charge in [0, 0.05) is 30.2 Å². The highest BCUT2D eigenvalue weighted by Crippen LogP contribution is 2.16. The molecule has 0 aliphatic carbocycles. The van der Waals surface area contributed by atoms with Crippen molar-refractivity contribution in [1.29, 1.82) is 0 Å². The SMILES string of the molecule is COc1cccc(NC(=O)CN[C@@H](C)c2cccnc2)c1. The number of carbonyl (C=O) groups excluding carboxylic acids is 1. The van der Waals surface area contributed by atoms with Crippen molar-refractivity contribution in [2.45, 2.75) is 13.0 Å². The molecule has 2 rings (SSSR count). The first-order valence-corrected chi connectivity index (χ1v) is 6.76. The van der Waals surface area contributed by atoms with Crippen LogP contribution in [0, 0.1) is 0 Å². The van der Waals surface area contributed by atoms with Gasteiger partial charge in [0.1, 0.15) is 5.75 Å². The van der Waals surface area contributed by atoms with Gasteiger partial charge in [-0.3, -0.25) is 9.78 Å². The third-order valence-electron chi connectivity index (χ3n) is 3.11. The van der Waals surface area contributed by atoms with Crippen LogP contribution < -0.4 is 15.4 Å². The van der Waals surface area contributed by atoms with Crippen molar-refractivity contribution in [2.24, 2.45) is 0 Å². The van der Waals surface area contributed by atoms with Gasteiger partial charge in [-0.1, -0.05) is 12.1 Å². The van der Waals surface area contributed by atoms with Crippen molar-refractivity contribution < 1.29 is 9.53 Å². The van der Waals surface area contributed by atoms with Gasteiger partial charge < -0.3 is 15.4 Å². The zero-order valence-corrected chi connectivity index (χ0v) is 12.2. The first-order chi connectivity index (χ1) is 10.2. The Bertz CT molecular complexity index is 587. The molecule has 0 aliphatic rings. The van der Waals surface area contributed by atoms with Gasteiger partial charge in [-0.15, -0.1) is 0 Å². The van der Waals surface area contributed by atoms with Gasteiger partial charge in [0.2, 0.25) is 5.91 Å². The van der Waals surface area contributed by atoms with Gasteiger partial charge in [0.15, 0.2) is 0 Å². The summed E-state index contributed by atoms with van der Waals surface area (Å²) in [6, 6.07) is 11.2. The number of hydrogen-bond donors (Lipinski definition) is 2. The first-order valence-electron chi connectivity index (χ1n) is 6.76. The van der Waals surface area contributed by atoms with Crippen LogP contribution in [0.25, 0.3) is 0 Å². The molecule has 1 aromatic heterocycles. The maximum atomic E-state index is 11.9. The minimum atomic E-state index is -0.0982. The topological polar surface area (TPSA) is 63.2 Å². The number of nitrogens with zero attached hydrogens (tertiary/aromatic N) is 1. The van der Waals surface area contributed by atoms with Gasteiger partial charge in [-0.05, 0) is 30.7 Å². The average Bonchev–Trinajstić information content (AvgIpc) is 2.53. The number of benzene rings is 1. The molecule has 0 bridgehead atoms. The van der Waals surface area contributed by atoms with Crippen molar-refractivity contribution >= 4 is 11.6 Å². The van der Waals surface area contributed by atoms with Crippen LogP contribution >= 0.6 is 0 Å².